The maximum absolute atomic E-state index is 10.4. The Morgan fingerprint density at radius 2 is 1.68 bits per heavy atom. The SMILES string of the molecule is COc1cccc(C(O)c2ccc(C)c(OC)c2)c1. The van der Waals surface area contributed by atoms with Crippen LogP contribution in [0.3, 0.4) is 0 Å². The van der Waals surface area contributed by atoms with Gasteiger partial charge in [0.05, 0.1) is 14.2 Å². The van der Waals surface area contributed by atoms with E-state index < -0.39 is 6.10 Å². The average Bonchev–Trinajstić information content (AvgIpc) is 2.47. The molecule has 1 unspecified atom stereocenters. The molecule has 0 spiro atoms. The summed E-state index contributed by atoms with van der Waals surface area (Å²) in [5.74, 6) is 1.51. The van der Waals surface area contributed by atoms with Crippen molar-refractivity contribution >= 4 is 0 Å². The molecule has 0 fully saturated rings. The second-order valence-electron chi connectivity index (χ2n) is 4.41. The highest BCUT2D eigenvalue weighted by atomic mass is 16.5. The Hall–Kier alpha value is -2.00. The Kier molecular flexibility index (Phi) is 4.07. The van der Waals surface area contributed by atoms with Gasteiger partial charge in [0.25, 0.3) is 0 Å². The van der Waals surface area contributed by atoms with E-state index in [1.807, 2.05) is 49.4 Å². The van der Waals surface area contributed by atoms with Gasteiger partial charge in [0.1, 0.15) is 17.6 Å². The Labute approximate surface area is 113 Å². The Bertz CT molecular complexity index is 564. The fraction of sp³-hybridized carbons (Fsp3) is 0.250. The summed E-state index contributed by atoms with van der Waals surface area (Å²) >= 11 is 0. The van der Waals surface area contributed by atoms with Gasteiger partial charge in [-0.15, -0.1) is 0 Å². The minimum atomic E-state index is -0.690. The van der Waals surface area contributed by atoms with Crippen LogP contribution in [0, 0.1) is 6.92 Å². The van der Waals surface area contributed by atoms with Gasteiger partial charge < -0.3 is 14.6 Å². The Morgan fingerprint density at radius 3 is 2.37 bits per heavy atom. The van der Waals surface area contributed by atoms with Crippen molar-refractivity contribution in [2.75, 3.05) is 14.2 Å². The molecule has 19 heavy (non-hydrogen) atoms. The maximum Gasteiger partial charge on any atom is 0.122 e. The molecule has 0 saturated heterocycles. The van der Waals surface area contributed by atoms with Gasteiger partial charge in [-0.05, 0) is 41.8 Å². The molecule has 2 aromatic carbocycles. The molecule has 0 saturated carbocycles. The molecular weight excluding hydrogens is 240 g/mol. The van der Waals surface area contributed by atoms with Crippen LogP contribution in [0.4, 0.5) is 0 Å². The van der Waals surface area contributed by atoms with Gasteiger partial charge in [-0.25, -0.2) is 0 Å². The molecule has 1 atom stereocenters. The van der Waals surface area contributed by atoms with Crippen molar-refractivity contribution < 1.29 is 14.6 Å². The van der Waals surface area contributed by atoms with E-state index in [1.54, 1.807) is 14.2 Å². The van der Waals surface area contributed by atoms with Crippen LogP contribution in [0.1, 0.15) is 22.8 Å². The summed E-state index contributed by atoms with van der Waals surface area (Å²) < 4.78 is 10.4. The van der Waals surface area contributed by atoms with E-state index in [1.165, 1.54) is 0 Å². The molecule has 2 rings (SSSR count). The number of aliphatic hydroxyl groups excluding tert-OH is 1. The molecule has 0 radical (unpaired) electrons. The highest BCUT2D eigenvalue weighted by Crippen LogP contribution is 2.28. The summed E-state index contributed by atoms with van der Waals surface area (Å²) in [6.07, 6.45) is -0.690. The minimum Gasteiger partial charge on any atom is -0.497 e. The molecule has 0 bridgehead atoms. The summed E-state index contributed by atoms with van der Waals surface area (Å²) in [6, 6.07) is 13.1. The summed E-state index contributed by atoms with van der Waals surface area (Å²) in [6.45, 7) is 1.97. The van der Waals surface area contributed by atoms with Crippen LogP contribution in [-0.2, 0) is 0 Å². The van der Waals surface area contributed by atoms with E-state index in [0.717, 1.165) is 28.2 Å². The third-order valence-electron chi connectivity index (χ3n) is 3.16. The van der Waals surface area contributed by atoms with Gasteiger partial charge in [-0.2, -0.15) is 0 Å². The minimum absolute atomic E-state index is 0.690. The van der Waals surface area contributed by atoms with Crippen LogP contribution in [0.25, 0.3) is 0 Å². The molecule has 2 aromatic rings. The van der Waals surface area contributed by atoms with E-state index in [2.05, 4.69) is 0 Å². The van der Waals surface area contributed by atoms with Crippen molar-refractivity contribution in [3.63, 3.8) is 0 Å². The first-order valence-corrected chi connectivity index (χ1v) is 6.12. The van der Waals surface area contributed by atoms with Crippen molar-refractivity contribution in [3.8, 4) is 11.5 Å². The molecular formula is C16H18O3. The monoisotopic (exact) mass is 258 g/mol. The lowest BCUT2D eigenvalue weighted by Gasteiger charge is -2.14. The van der Waals surface area contributed by atoms with E-state index in [-0.39, 0.29) is 0 Å². The number of ether oxygens (including phenoxy) is 2. The van der Waals surface area contributed by atoms with Crippen molar-refractivity contribution in [2.24, 2.45) is 0 Å². The zero-order valence-electron chi connectivity index (χ0n) is 11.4. The first-order chi connectivity index (χ1) is 9.15. The fourth-order valence-corrected chi connectivity index (χ4v) is 2.01. The molecule has 3 nitrogen and oxygen atoms in total. The number of rotatable bonds is 4. The molecule has 0 heterocycles. The van der Waals surface area contributed by atoms with Crippen LogP contribution in [-0.4, -0.2) is 19.3 Å². The first kappa shape index (κ1) is 13.4. The quantitative estimate of drug-likeness (QED) is 0.915. The Morgan fingerprint density at radius 1 is 0.947 bits per heavy atom. The van der Waals surface area contributed by atoms with Crippen molar-refractivity contribution in [1.82, 2.24) is 0 Å². The molecule has 0 aliphatic heterocycles. The molecule has 1 N–H and O–H groups in total. The zero-order valence-corrected chi connectivity index (χ0v) is 11.4. The van der Waals surface area contributed by atoms with E-state index in [9.17, 15) is 5.11 Å². The highest BCUT2D eigenvalue weighted by molar-refractivity contribution is 5.41. The van der Waals surface area contributed by atoms with Gasteiger partial charge in [0, 0.05) is 0 Å². The molecule has 0 aliphatic rings. The smallest absolute Gasteiger partial charge is 0.122 e. The molecule has 3 heteroatoms. The number of aliphatic hydroxyl groups is 1. The summed E-state index contributed by atoms with van der Waals surface area (Å²) in [7, 11) is 3.24. The van der Waals surface area contributed by atoms with Crippen molar-refractivity contribution in [3.05, 3.63) is 59.2 Å². The van der Waals surface area contributed by atoms with E-state index >= 15 is 0 Å². The van der Waals surface area contributed by atoms with Gasteiger partial charge >= 0.3 is 0 Å². The van der Waals surface area contributed by atoms with Gasteiger partial charge in [-0.3, -0.25) is 0 Å². The predicted octanol–water partition coefficient (Wildman–Crippen LogP) is 3.09. The largest absolute Gasteiger partial charge is 0.497 e. The fourth-order valence-electron chi connectivity index (χ4n) is 2.01. The zero-order chi connectivity index (χ0) is 13.8. The number of benzene rings is 2. The highest BCUT2D eigenvalue weighted by Gasteiger charge is 2.12. The second kappa shape index (κ2) is 5.76. The topological polar surface area (TPSA) is 38.7 Å². The maximum atomic E-state index is 10.4. The first-order valence-electron chi connectivity index (χ1n) is 6.12. The lowest BCUT2D eigenvalue weighted by atomic mass is 10.00. The summed E-state index contributed by atoms with van der Waals surface area (Å²) in [4.78, 5) is 0. The third-order valence-corrected chi connectivity index (χ3v) is 3.16. The normalized spacial score (nSPS) is 12.0. The van der Waals surface area contributed by atoms with Crippen LogP contribution in [0.2, 0.25) is 0 Å². The number of aryl methyl sites for hydroxylation is 1. The molecule has 100 valence electrons. The Balaban J connectivity index is 2.35. The van der Waals surface area contributed by atoms with E-state index in [4.69, 9.17) is 9.47 Å². The van der Waals surface area contributed by atoms with Crippen LogP contribution < -0.4 is 9.47 Å². The van der Waals surface area contributed by atoms with Gasteiger partial charge in [0.15, 0.2) is 0 Å². The van der Waals surface area contributed by atoms with Crippen molar-refractivity contribution in [1.29, 1.82) is 0 Å². The number of hydrogen-bond donors (Lipinski definition) is 1. The second-order valence-corrected chi connectivity index (χ2v) is 4.41. The summed E-state index contributed by atoms with van der Waals surface area (Å²) in [5, 5.41) is 10.4. The van der Waals surface area contributed by atoms with Crippen molar-refractivity contribution in [2.45, 2.75) is 13.0 Å². The van der Waals surface area contributed by atoms with E-state index in [0.29, 0.717) is 0 Å². The lowest BCUT2D eigenvalue weighted by Crippen LogP contribution is -2.01. The molecule has 0 aliphatic carbocycles. The standard InChI is InChI=1S/C16H18O3/c1-11-7-8-13(10-15(11)19-3)16(17)12-5-4-6-14(9-12)18-2/h4-10,16-17H,1-3H3. The summed E-state index contributed by atoms with van der Waals surface area (Å²) in [5.41, 5.74) is 2.64. The molecule has 0 amide bonds. The van der Waals surface area contributed by atoms with Crippen LogP contribution >= 0.6 is 0 Å². The van der Waals surface area contributed by atoms with Crippen LogP contribution in [0.5, 0.6) is 11.5 Å². The van der Waals surface area contributed by atoms with Gasteiger partial charge in [-0.1, -0.05) is 24.3 Å². The number of hydrogen-bond acceptors (Lipinski definition) is 3. The number of methoxy groups -OCH3 is 2. The average molecular weight is 258 g/mol. The van der Waals surface area contributed by atoms with Crippen LogP contribution in [0.15, 0.2) is 42.5 Å². The lowest BCUT2D eigenvalue weighted by molar-refractivity contribution is 0.219. The van der Waals surface area contributed by atoms with Gasteiger partial charge in [0.2, 0.25) is 0 Å². The third kappa shape index (κ3) is 2.88. The molecule has 0 aromatic heterocycles. The predicted molar refractivity (Wildman–Crippen MR) is 74.8 cm³/mol.